The number of aliphatic hydroxyl groups excluding tert-OH is 1. The maximum absolute atomic E-state index is 13.3. The number of fused-ring (bicyclic) bond motifs is 1. The van der Waals surface area contributed by atoms with Crippen LogP contribution in [0.3, 0.4) is 0 Å². The van der Waals surface area contributed by atoms with Gasteiger partial charge in [-0.1, -0.05) is 36.4 Å². The molecular weight excluding hydrogens is 397 g/mol. The summed E-state index contributed by atoms with van der Waals surface area (Å²) in [4.78, 5) is 13.1. The zero-order valence-electron chi connectivity index (χ0n) is 15.9. The molecule has 1 unspecified atom stereocenters. The van der Waals surface area contributed by atoms with Crippen molar-refractivity contribution in [3.8, 4) is 0 Å². The summed E-state index contributed by atoms with van der Waals surface area (Å²) in [5.41, 5.74) is 0.656. The van der Waals surface area contributed by atoms with Gasteiger partial charge in [-0.3, -0.25) is 4.90 Å². The molecule has 4 rings (SSSR count). The Morgan fingerprint density at radius 2 is 1.80 bits per heavy atom. The molecule has 0 bridgehead atoms. The maximum Gasteiger partial charge on any atom is 0.416 e. The quantitative estimate of drug-likeness (QED) is 0.637. The van der Waals surface area contributed by atoms with Crippen molar-refractivity contribution in [2.45, 2.75) is 18.9 Å². The van der Waals surface area contributed by atoms with Gasteiger partial charge in [0, 0.05) is 13.1 Å². The molecule has 2 aromatic rings. The monoisotopic (exact) mass is 418 g/mol. The molecule has 1 fully saturated rings. The zero-order chi connectivity index (χ0) is 21.5. The number of benzene rings is 2. The van der Waals surface area contributed by atoms with Gasteiger partial charge in [0.1, 0.15) is 0 Å². The lowest BCUT2D eigenvalue weighted by Crippen LogP contribution is -2.40. The maximum atomic E-state index is 13.3. The lowest BCUT2D eigenvalue weighted by atomic mass is 9.96. The molecule has 1 heterocycles. The fraction of sp³-hybridized carbons (Fsp3) is 0.318. The van der Waals surface area contributed by atoms with E-state index in [4.69, 9.17) is 0 Å². The SMILES string of the molecule is O=C(O)c1ccccc1NC(O)N1C[C@H]2CC(c3ccccc3C(F)(F)F)=C[C@H]2C1. The van der Waals surface area contributed by atoms with E-state index in [1.54, 1.807) is 29.2 Å². The normalized spacial score (nSPS) is 22.5. The number of carboxylic acid groups (broad SMARTS) is 1. The van der Waals surface area contributed by atoms with Crippen LogP contribution >= 0.6 is 0 Å². The lowest BCUT2D eigenvalue weighted by molar-refractivity contribution is -0.137. The van der Waals surface area contributed by atoms with Gasteiger partial charge in [0.2, 0.25) is 0 Å². The first-order valence-corrected chi connectivity index (χ1v) is 9.62. The van der Waals surface area contributed by atoms with Gasteiger partial charge in [-0.05, 0) is 47.6 Å². The molecular formula is C22H21F3N2O3. The van der Waals surface area contributed by atoms with Crippen LogP contribution in [0.4, 0.5) is 18.9 Å². The third kappa shape index (κ3) is 3.93. The van der Waals surface area contributed by atoms with E-state index in [2.05, 4.69) is 5.32 Å². The Kier molecular flexibility index (Phi) is 5.29. The summed E-state index contributed by atoms with van der Waals surface area (Å²) in [5, 5.41) is 22.6. The predicted molar refractivity (Wildman–Crippen MR) is 106 cm³/mol. The van der Waals surface area contributed by atoms with E-state index in [1.165, 1.54) is 18.2 Å². The first kappa shape index (κ1) is 20.4. The van der Waals surface area contributed by atoms with Gasteiger partial charge in [-0.2, -0.15) is 13.2 Å². The Balaban J connectivity index is 1.47. The molecule has 3 atom stereocenters. The number of carbonyl (C=O) groups is 1. The number of hydrogen-bond acceptors (Lipinski definition) is 4. The summed E-state index contributed by atoms with van der Waals surface area (Å²) in [6.45, 7) is 0.980. The molecule has 0 amide bonds. The van der Waals surface area contributed by atoms with Crippen LogP contribution < -0.4 is 5.32 Å². The molecule has 158 valence electrons. The van der Waals surface area contributed by atoms with Crippen LogP contribution in [0.1, 0.15) is 27.9 Å². The molecule has 30 heavy (non-hydrogen) atoms. The van der Waals surface area contributed by atoms with E-state index in [-0.39, 0.29) is 23.0 Å². The Bertz CT molecular complexity index is 990. The molecule has 0 saturated carbocycles. The molecule has 1 saturated heterocycles. The largest absolute Gasteiger partial charge is 0.478 e. The minimum Gasteiger partial charge on any atom is -0.478 e. The van der Waals surface area contributed by atoms with Crippen molar-refractivity contribution in [3.63, 3.8) is 0 Å². The highest BCUT2D eigenvalue weighted by Gasteiger charge is 2.41. The van der Waals surface area contributed by atoms with Crippen LogP contribution in [0, 0.1) is 11.8 Å². The van der Waals surface area contributed by atoms with Crippen molar-refractivity contribution < 1.29 is 28.2 Å². The average molecular weight is 418 g/mol. The van der Waals surface area contributed by atoms with E-state index >= 15 is 0 Å². The highest BCUT2D eigenvalue weighted by Crippen LogP contribution is 2.44. The molecule has 0 aromatic heterocycles. The summed E-state index contributed by atoms with van der Waals surface area (Å²) >= 11 is 0. The Labute approximate surface area is 171 Å². The van der Waals surface area contributed by atoms with E-state index in [0.29, 0.717) is 30.8 Å². The number of aliphatic hydroxyl groups is 1. The second-order valence-electron chi connectivity index (χ2n) is 7.69. The number of para-hydroxylation sites is 1. The molecule has 2 aliphatic rings. The van der Waals surface area contributed by atoms with Crippen molar-refractivity contribution in [1.82, 2.24) is 4.90 Å². The third-order valence-corrected chi connectivity index (χ3v) is 5.78. The summed E-state index contributed by atoms with van der Waals surface area (Å²) < 4.78 is 40.0. The summed E-state index contributed by atoms with van der Waals surface area (Å²) in [6.07, 6.45) is -3.10. The molecule has 1 aliphatic carbocycles. The second kappa shape index (κ2) is 7.77. The molecule has 0 spiro atoms. The Morgan fingerprint density at radius 1 is 1.10 bits per heavy atom. The number of rotatable bonds is 5. The van der Waals surface area contributed by atoms with Gasteiger partial charge >= 0.3 is 12.1 Å². The number of aromatic carboxylic acids is 1. The van der Waals surface area contributed by atoms with E-state index < -0.39 is 24.1 Å². The fourth-order valence-corrected chi connectivity index (χ4v) is 4.38. The van der Waals surface area contributed by atoms with Gasteiger partial charge in [0.15, 0.2) is 6.35 Å². The fourth-order valence-electron chi connectivity index (χ4n) is 4.38. The first-order valence-electron chi connectivity index (χ1n) is 9.62. The molecule has 5 nitrogen and oxygen atoms in total. The Hall–Kier alpha value is -2.84. The number of nitrogens with zero attached hydrogens (tertiary/aromatic N) is 1. The van der Waals surface area contributed by atoms with Crippen LogP contribution in [0.15, 0.2) is 54.6 Å². The zero-order valence-corrected chi connectivity index (χ0v) is 15.9. The highest BCUT2D eigenvalue weighted by atomic mass is 19.4. The lowest BCUT2D eigenvalue weighted by Gasteiger charge is -2.26. The van der Waals surface area contributed by atoms with Gasteiger partial charge in [0.05, 0.1) is 16.8 Å². The van der Waals surface area contributed by atoms with Crippen LogP contribution in [0.5, 0.6) is 0 Å². The molecule has 8 heteroatoms. The number of alkyl halides is 3. The smallest absolute Gasteiger partial charge is 0.416 e. The predicted octanol–water partition coefficient (Wildman–Crippen LogP) is 4.13. The number of likely N-dealkylation sites (tertiary alicyclic amines) is 1. The van der Waals surface area contributed by atoms with Crippen molar-refractivity contribution >= 4 is 17.2 Å². The average Bonchev–Trinajstić information content (AvgIpc) is 3.27. The van der Waals surface area contributed by atoms with Crippen molar-refractivity contribution in [2.75, 3.05) is 18.4 Å². The number of allylic oxidation sites excluding steroid dienone is 1. The first-order chi connectivity index (χ1) is 14.2. The minimum absolute atomic E-state index is 0.0347. The summed E-state index contributed by atoms with van der Waals surface area (Å²) in [5.74, 6) is -0.959. The second-order valence-corrected chi connectivity index (χ2v) is 7.69. The number of anilines is 1. The number of hydrogen-bond donors (Lipinski definition) is 3. The van der Waals surface area contributed by atoms with Gasteiger partial charge in [0.25, 0.3) is 0 Å². The van der Waals surface area contributed by atoms with Crippen LogP contribution in [0.2, 0.25) is 0 Å². The molecule has 1 aliphatic heterocycles. The van der Waals surface area contributed by atoms with E-state index in [1.807, 2.05) is 6.08 Å². The number of nitrogens with one attached hydrogen (secondary N) is 1. The summed E-state index contributed by atoms with van der Waals surface area (Å²) in [6, 6.07) is 11.9. The van der Waals surface area contributed by atoms with Crippen molar-refractivity contribution in [2.24, 2.45) is 11.8 Å². The molecule has 0 radical (unpaired) electrons. The van der Waals surface area contributed by atoms with Crippen molar-refractivity contribution in [1.29, 1.82) is 0 Å². The minimum atomic E-state index is -4.40. The summed E-state index contributed by atoms with van der Waals surface area (Å²) in [7, 11) is 0. The van der Waals surface area contributed by atoms with Gasteiger partial charge in [-0.15, -0.1) is 0 Å². The van der Waals surface area contributed by atoms with Gasteiger partial charge < -0.3 is 15.5 Å². The standard InChI is InChI=1S/C22H21F3N2O3/c23-22(24,25)18-7-3-1-5-16(18)13-9-14-11-27(12-15(14)10-13)21(30)26-19-8-4-2-6-17(19)20(28)29/h1-9,14-15,21,26,30H,10-12H2,(H,28,29)/t14-,15+,21?/m0/s1. The van der Waals surface area contributed by atoms with Crippen molar-refractivity contribution in [3.05, 3.63) is 71.3 Å². The molecule has 2 aromatic carbocycles. The third-order valence-electron chi connectivity index (χ3n) is 5.78. The number of halogens is 3. The molecule has 3 N–H and O–H groups in total. The van der Waals surface area contributed by atoms with E-state index in [9.17, 15) is 28.2 Å². The van der Waals surface area contributed by atoms with Crippen LogP contribution in [-0.4, -0.2) is 40.5 Å². The number of carboxylic acids is 1. The Morgan fingerprint density at radius 3 is 2.50 bits per heavy atom. The highest BCUT2D eigenvalue weighted by molar-refractivity contribution is 5.94. The van der Waals surface area contributed by atoms with E-state index in [0.717, 1.165) is 6.07 Å². The van der Waals surface area contributed by atoms with Crippen LogP contribution in [-0.2, 0) is 6.18 Å². The topological polar surface area (TPSA) is 72.8 Å². The van der Waals surface area contributed by atoms with Crippen LogP contribution in [0.25, 0.3) is 5.57 Å². The van der Waals surface area contributed by atoms with Gasteiger partial charge in [-0.25, -0.2) is 4.79 Å².